The van der Waals surface area contributed by atoms with E-state index < -0.39 is 0 Å². The van der Waals surface area contributed by atoms with Gasteiger partial charge in [-0.1, -0.05) is 18.2 Å². The molecular weight excluding hydrogens is 484 g/mol. The minimum absolute atomic E-state index is 0.0110. The molecule has 1 fully saturated rings. The van der Waals surface area contributed by atoms with Crippen LogP contribution in [0.5, 0.6) is 28.7 Å². The molecule has 38 heavy (non-hydrogen) atoms. The summed E-state index contributed by atoms with van der Waals surface area (Å²) in [6, 6.07) is 26.4. The van der Waals surface area contributed by atoms with Gasteiger partial charge in [-0.3, -0.25) is 4.79 Å². The lowest BCUT2D eigenvalue weighted by Crippen LogP contribution is -2.50. The Morgan fingerprint density at radius 2 is 1.50 bits per heavy atom. The second kappa shape index (κ2) is 10.7. The van der Waals surface area contributed by atoms with Crippen LogP contribution < -0.4 is 23.8 Å². The van der Waals surface area contributed by atoms with E-state index in [0.717, 1.165) is 28.6 Å². The second-order valence-electron chi connectivity index (χ2n) is 8.89. The number of benzene rings is 3. The first-order valence-electron chi connectivity index (χ1n) is 12.4. The summed E-state index contributed by atoms with van der Waals surface area (Å²) in [7, 11) is 0. The van der Waals surface area contributed by atoms with Gasteiger partial charge in [0.1, 0.15) is 17.2 Å². The van der Waals surface area contributed by atoms with Crippen molar-refractivity contribution in [3.8, 4) is 40.0 Å². The van der Waals surface area contributed by atoms with Crippen LogP contribution in [0.15, 0.2) is 84.9 Å². The van der Waals surface area contributed by atoms with Gasteiger partial charge in [0, 0.05) is 31.7 Å². The van der Waals surface area contributed by atoms with Crippen LogP contribution in [-0.4, -0.2) is 60.6 Å². The predicted molar refractivity (Wildman–Crippen MR) is 141 cm³/mol. The zero-order chi connectivity index (χ0) is 25.7. The average Bonchev–Trinajstić information content (AvgIpc) is 3.46. The molecule has 0 atom stereocenters. The third-order valence-corrected chi connectivity index (χ3v) is 6.44. The molecule has 0 N–H and O–H groups in total. The van der Waals surface area contributed by atoms with Crippen molar-refractivity contribution in [2.45, 2.75) is 0 Å². The van der Waals surface area contributed by atoms with E-state index in [4.69, 9.17) is 18.9 Å². The number of fused-ring (bicyclic) bond motifs is 1. The molecule has 6 rings (SSSR count). The number of amides is 1. The summed E-state index contributed by atoms with van der Waals surface area (Å²) < 4.78 is 22.3. The van der Waals surface area contributed by atoms with Crippen LogP contribution in [-0.2, 0) is 4.79 Å². The Balaban J connectivity index is 0.976. The van der Waals surface area contributed by atoms with Crippen molar-refractivity contribution < 1.29 is 23.7 Å². The van der Waals surface area contributed by atoms with Gasteiger partial charge in [-0.05, 0) is 66.7 Å². The molecule has 3 heterocycles. The fourth-order valence-corrected chi connectivity index (χ4v) is 4.35. The van der Waals surface area contributed by atoms with E-state index in [-0.39, 0.29) is 19.3 Å². The van der Waals surface area contributed by atoms with Crippen molar-refractivity contribution in [1.82, 2.24) is 15.1 Å². The van der Waals surface area contributed by atoms with Crippen LogP contribution in [0.25, 0.3) is 11.3 Å². The van der Waals surface area contributed by atoms with Gasteiger partial charge in [-0.2, -0.15) is 0 Å². The number of aromatic nitrogens is 2. The van der Waals surface area contributed by atoms with Crippen LogP contribution in [0.4, 0.5) is 5.82 Å². The third-order valence-electron chi connectivity index (χ3n) is 6.44. The molecule has 192 valence electrons. The number of carbonyl (C=O) groups is 1. The maximum absolute atomic E-state index is 12.7. The number of para-hydroxylation sites is 1. The SMILES string of the molecule is O=C(COc1ccc(Oc2ccccc2)cc1)N1CCN(c2ccc(-c3ccc4c(c3)OCO4)nn2)CC1. The first-order chi connectivity index (χ1) is 18.7. The van der Waals surface area contributed by atoms with Crippen molar-refractivity contribution in [2.24, 2.45) is 0 Å². The van der Waals surface area contributed by atoms with E-state index in [1.165, 1.54) is 0 Å². The molecule has 0 unspecified atom stereocenters. The molecule has 0 spiro atoms. The molecule has 9 nitrogen and oxygen atoms in total. The largest absolute Gasteiger partial charge is 0.484 e. The topological polar surface area (TPSA) is 86.3 Å². The normalized spacial score (nSPS) is 14.3. The number of anilines is 1. The van der Waals surface area contributed by atoms with Gasteiger partial charge in [0.25, 0.3) is 5.91 Å². The zero-order valence-electron chi connectivity index (χ0n) is 20.7. The Labute approximate surface area is 220 Å². The van der Waals surface area contributed by atoms with Gasteiger partial charge in [0.15, 0.2) is 23.9 Å². The van der Waals surface area contributed by atoms with Crippen molar-refractivity contribution in [1.29, 1.82) is 0 Å². The number of ether oxygens (including phenoxy) is 4. The highest BCUT2D eigenvalue weighted by Crippen LogP contribution is 2.35. The smallest absolute Gasteiger partial charge is 0.260 e. The quantitative estimate of drug-likeness (QED) is 0.362. The summed E-state index contributed by atoms with van der Waals surface area (Å²) in [5, 5.41) is 8.82. The third kappa shape index (κ3) is 5.31. The van der Waals surface area contributed by atoms with E-state index in [9.17, 15) is 4.79 Å². The number of piperazine rings is 1. The predicted octanol–water partition coefficient (Wildman–Crippen LogP) is 4.39. The van der Waals surface area contributed by atoms with E-state index in [1.54, 1.807) is 12.1 Å². The minimum atomic E-state index is -0.0431. The number of rotatable bonds is 7. The van der Waals surface area contributed by atoms with Crippen molar-refractivity contribution >= 4 is 11.7 Å². The fourth-order valence-electron chi connectivity index (χ4n) is 4.35. The van der Waals surface area contributed by atoms with Crippen LogP contribution in [0.3, 0.4) is 0 Å². The van der Waals surface area contributed by atoms with Crippen molar-refractivity contribution in [3.63, 3.8) is 0 Å². The zero-order valence-corrected chi connectivity index (χ0v) is 20.7. The van der Waals surface area contributed by atoms with Crippen molar-refractivity contribution in [2.75, 3.05) is 44.5 Å². The van der Waals surface area contributed by atoms with Crippen LogP contribution >= 0.6 is 0 Å². The Kier molecular flexibility index (Phi) is 6.63. The van der Waals surface area contributed by atoms with E-state index in [1.807, 2.05) is 77.7 Å². The Morgan fingerprint density at radius 3 is 2.26 bits per heavy atom. The summed E-state index contributed by atoms with van der Waals surface area (Å²) in [5.41, 5.74) is 1.68. The molecule has 0 radical (unpaired) electrons. The molecule has 0 bridgehead atoms. The van der Waals surface area contributed by atoms with Crippen molar-refractivity contribution in [3.05, 3.63) is 84.9 Å². The molecule has 1 amide bonds. The monoisotopic (exact) mass is 510 g/mol. The highest BCUT2D eigenvalue weighted by Gasteiger charge is 2.23. The fraction of sp³-hybridized carbons (Fsp3) is 0.207. The second-order valence-corrected chi connectivity index (χ2v) is 8.89. The summed E-state index contributed by atoms with van der Waals surface area (Å²) >= 11 is 0. The summed E-state index contributed by atoms with van der Waals surface area (Å²) in [5.74, 6) is 4.29. The summed E-state index contributed by atoms with van der Waals surface area (Å²) in [6.07, 6.45) is 0. The van der Waals surface area contributed by atoms with Gasteiger partial charge in [0.05, 0.1) is 5.69 Å². The first kappa shape index (κ1) is 23.6. The summed E-state index contributed by atoms with van der Waals surface area (Å²) in [4.78, 5) is 16.7. The Morgan fingerprint density at radius 1 is 0.763 bits per heavy atom. The highest BCUT2D eigenvalue weighted by molar-refractivity contribution is 5.78. The number of nitrogens with zero attached hydrogens (tertiary/aromatic N) is 4. The number of hydrogen-bond donors (Lipinski definition) is 0. The molecule has 9 heteroatoms. The number of carbonyl (C=O) groups excluding carboxylic acids is 1. The van der Waals surface area contributed by atoms with Gasteiger partial charge in [-0.15, -0.1) is 10.2 Å². The molecule has 1 saturated heterocycles. The lowest BCUT2D eigenvalue weighted by Gasteiger charge is -2.35. The Hall–Kier alpha value is -4.79. The number of hydrogen-bond acceptors (Lipinski definition) is 8. The van der Waals surface area contributed by atoms with E-state index >= 15 is 0 Å². The molecule has 2 aliphatic rings. The van der Waals surface area contributed by atoms with E-state index in [2.05, 4.69) is 15.1 Å². The molecule has 4 aromatic rings. The molecule has 0 aliphatic carbocycles. The lowest BCUT2D eigenvalue weighted by molar-refractivity contribution is -0.133. The van der Waals surface area contributed by atoms with Crippen LogP contribution in [0, 0.1) is 0 Å². The van der Waals surface area contributed by atoms with E-state index in [0.29, 0.717) is 43.4 Å². The maximum Gasteiger partial charge on any atom is 0.260 e. The minimum Gasteiger partial charge on any atom is -0.484 e. The average molecular weight is 511 g/mol. The molecule has 0 saturated carbocycles. The molecule has 3 aromatic carbocycles. The standard InChI is InChI=1S/C29H26N4O5/c34-29(19-35-22-7-9-24(10-8-22)38-23-4-2-1-3-5-23)33-16-14-32(15-17-33)28-13-11-25(30-31-28)21-6-12-26-27(18-21)37-20-36-26/h1-13,18H,14-17,19-20H2. The highest BCUT2D eigenvalue weighted by atomic mass is 16.7. The summed E-state index contributed by atoms with van der Waals surface area (Å²) in [6.45, 7) is 2.77. The molecule has 2 aliphatic heterocycles. The molecular formula is C29H26N4O5. The maximum atomic E-state index is 12.7. The molecule has 1 aromatic heterocycles. The Bertz CT molecular complexity index is 1390. The van der Waals surface area contributed by atoms with Gasteiger partial charge < -0.3 is 28.7 Å². The first-order valence-corrected chi connectivity index (χ1v) is 12.4. The van der Waals surface area contributed by atoms with Gasteiger partial charge in [0.2, 0.25) is 6.79 Å². The van der Waals surface area contributed by atoms with Gasteiger partial charge >= 0.3 is 0 Å². The lowest BCUT2D eigenvalue weighted by atomic mass is 10.1. The van der Waals surface area contributed by atoms with Gasteiger partial charge in [-0.25, -0.2) is 0 Å². The van der Waals surface area contributed by atoms with Crippen LogP contribution in [0.2, 0.25) is 0 Å². The van der Waals surface area contributed by atoms with Crippen LogP contribution in [0.1, 0.15) is 0 Å².